The minimum absolute atomic E-state index is 0.0891. The molecule has 2 N–H and O–H groups in total. The van der Waals surface area contributed by atoms with Crippen LogP contribution in [0, 0.1) is 10.1 Å². The van der Waals surface area contributed by atoms with Gasteiger partial charge in [-0.2, -0.15) is 0 Å². The van der Waals surface area contributed by atoms with Gasteiger partial charge in [-0.1, -0.05) is 40.2 Å². The number of fused-ring (bicyclic) bond motifs is 1. The molecule has 0 radical (unpaired) electrons. The number of halogens is 1. The van der Waals surface area contributed by atoms with Crippen LogP contribution in [0.4, 0.5) is 17.1 Å². The normalized spacial score (nSPS) is 16.2. The molecule has 2 amide bonds. The lowest BCUT2D eigenvalue weighted by atomic mass is 9.99. The molecule has 0 unspecified atom stereocenters. The summed E-state index contributed by atoms with van der Waals surface area (Å²) in [5.74, 6) is -0.162. The van der Waals surface area contributed by atoms with Gasteiger partial charge in [0.05, 0.1) is 16.2 Å². The lowest BCUT2D eigenvalue weighted by Gasteiger charge is -2.17. The molecule has 0 bridgehead atoms. The number of nitrogens with one attached hydrogen (secondary N) is 2. The van der Waals surface area contributed by atoms with Gasteiger partial charge in [0.2, 0.25) is 5.91 Å². The van der Waals surface area contributed by atoms with Crippen LogP contribution in [0.1, 0.15) is 29.5 Å². The van der Waals surface area contributed by atoms with E-state index in [-0.39, 0.29) is 17.5 Å². The van der Waals surface area contributed by atoms with Crippen molar-refractivity contribution < 1.29 is 14.5 Å². The van der Waals surface area contributed by atoms with Crippen LogP contribution < -0.4 is 10.6 Å². The smallest absolute Gasteiger partial charge is 0.270 e. The number of nitrogens with zero attached hydrogens (tertiary/aromatic N) is 2. The van der Waals surface area contributed by atoms with Crippen molar-refractivity contribution in [2.75, 3.05) is 17.2 Å². The molecule has 8 nitrogen and oxygen atoms in total. The standard InChI is InChI=1S/C26H21BrN4O4/c27-18-7-5-17(6-8-18)25(24-21-14-20(31(34)35)11-12-22(21)29-26(24)33)28-19-9-3-16(4-10-19)15-30-13-1-2-23(30)32/h3-12,14,28H,1-2,13,15H2,(H,29,33)/b25-24-. The maximum atomic E-state index is 13.0. The molecule has 2 aliphatic rings. The average Bonchev–Trinajstić information content (AvgIpc) is 3.40. The molecule has 0 atom stereocenters. The third-order valence-electron chi connectivity index (χ3n) is 6.11. The van der Waals surface area contributed by atoms with E-state index in [4.69, 9.17) is 0 Å². The van der Waals surface area contributed by atoms with Crippen LogP contribution in [0.15, 0.2) is 71.2 Å². The van der Waals surface area contributed by atoms with Crippen molar-refractivity contribution in [3.8, 4) is 0 Å². The highest BCUT2D eigenvalue weighted by molar-refractivity contribution is 9.10. The fraction of sp³-hybridized carbons (Fsp3) is 0.154. The quantitative estimate of drug-likeness (QED) is 0.251. The third kappa shape index (κ3) is 4.67. The van der Waals surface area contributed by atoms with E-state index in [1.165, 1.54) is 12.1 Å². The van der Waals surface area contributed by atoms with Gasteiger partial charge in [-0.05, 0) is 47.9 Å². The molecule has 0 aromatic heterocycles. The first-order valence-corrected chi connectivity index (χ1v) is 11.9. The minimum atomic E-state index is -0.475. The van der Waals surface area contributed by atoms with Crippen LogP contribution in [0.25, 0.3) is 11.3 Å². The van der Waals surface area contributed by atoms with Gasteiger partial charge in [0.25, 0.3) is 11.6 Å². The number of hydrogen-bond acceptors (Lipinski definition) is 5. The van der Waals surface area contributed by atoms with E-state index in [1.54, 1.807) is 6.07 Å². The number of amides is 2. The highest BCUT2D eigenvalue weighted by Crippen LogP contribution is 2.39. The van der Waals surface area contributed by atoms with Gasteiger partial charge in [-0.3, -0.25) is 19.7 Å². The number of nitro benzene ring substituents is 1. The van der Waals surface area contributed by atoms with Crippen LogP contribution in [0.5, 0.6) is 0 Å². The Morgan fingerprint density at radius 2 is 1.80 bits per heavy atom. The van der Waals surface area contributed by atoms with Gasteiger partial charge in [0.15, 0.2) is 0 Å². The first-order chi connectivity index (χ1) is 16.9. The molecule has 1 fully saturated rings. The van der Waals surface area contributed by atoms with Crippen molar-refractivity contribution >= 4 is 56.1 Å². The van der Waals surface area contributed by atoms with Gasteiger partial charge < -0.3 is 15.5 Å². The zero-order valence-corrected chi connectivity index (χ0v) is 20.2. The topological polar surface area (TPSA) is 105 Å². The summed E-state index contributed by atoms with van der Waals surface area (Å²) in [6.45, 7) is 1.35. The Balaban J connectivity index is 1.53. The summed E-state index contributed by atoms with van der Waals surface area (Å²) in [6.07, 6.45) is 1.50. The molecule has 1 saturated heterocycles. The zero-order valence-electron chi connectivity index (χ0n) is 18.6. The summed E-state index contributed by atoms with van der Waals surface area (Å²) < 4.78 is 0.887. The first-order valence-electron chi connectivity index (χ1n) is 11.1. The molecule has 2 heterocycles. The molecular weight excluding hydrogens is 512 g/mol. The van der Waals surface area contributed by atoms with E-state index in [9.17, 15) is 19.7 Å². The van der Waals surface area contributed by atoms with E-state index >= 15 is 0 Å². The molecule has 35 heavy (non-hydrogen) atoms. The first kappa shape index (κ1) is 22.8. The van der Waals surface area contributed by atoms with Crippen LogP contribution in [0.3, 0.4) is 0 Å². The zero-order chi connectivity index (χ0) is 24.5. The predicted octanol–water partition coefficient (Wildman–Crippen LogP) is 5.41. The second kappa shape index (κ2) is 9.34. The second-order valence-electron chi connectivity index (χ2n) is 8.44. The number of anilines is 2. The van der Waals surface area contributed by atoms with Crippen molar-refractivity contribution in [1.82, 2.24) is 4.90 Å². The Morgan fingerprint density at radius 1 is 1.06 bits per heavy atom. The molecule has 0 aliphatic carbocycles. The predicted molar refractivity (Wildman–Crippen MR) is 137 cm³/mol. The number of likely N-dealkylation sites (tertiary alicyclic amines) is 1. The summed E-state index contributed by atoms with van der Waals surface area (Å²) >= 11 is 3.44. The SMILES string of the molecule is O=C1Nc2ccc([N+](=O)[O-])cc2/C1=C(/Nc1ccc(CN2CCCC2=O)cc1)c1ccc(Br)cc1. The highest BCUT2D eigenvalue weighted by atomic mass is 79.9. The summed E-state index contributed by atoms with van der Waals surface area (Å²) in [6, 6.07) is 19.5. The highest BCUT2D eigenvalue weighted by Gasteiger charge is 2.30. The molecule has 0 spiro atoms. The molecule has 2 aliphatic heterocycles. The Kier molecular flexibility index (Phi) is 6.08. The maximum absolute atomic E-state index is 13.0. The van der Waals surface area contributed by atoms with Gasteiger partial charge in [-0.15, -0.1) is 0 Å². The Hall–Kier alpha value is -3.98. The Labute approximate surface area is 209 Å². The third-order valence-corrected chi connectivity index (χ3v) is 6.64. The van der Waals surface area contributed by atoms with Crippen LogP contribution in [-0.2, 0) is 16.1 Å². The van der Waals surface area contributed by atoms with Crippen molar-refractivity contribution in [2.24, 2.45) is 0 Å². The summed E-state index contributed by atoms with van der Waals surface area (Å²) in [5.41, 5.74) is 4.30. The minimum Gasteiger partial charge on any atom is -0.354 e. The van der Waals surface area contributed by atoms with Crippen molar-refractivity contribution in [1.29, 1.82) is 0 Å². The summed E-state index contributed by atoms with van der Waals surface area (Å²) in [4.78, 5) is 37.7. The molecule has 9 heteroatoms. The maximum Gasteiger partial charge on any atom is 0.270 e. The van der Waals surface area contributed by atoms with Crippen molar-refractivity contribution in [3.63, 3.8) is 0 Å². The van der Waals surface area contributed by atoms with Gasteiger partial charge in [0, 0.05) is 53.1 Å². The molecule has 3 aromatic rings. The largest absolute Gasteiger partial charge is 0.354 e. The number of carbonyl (C=O) groups is 2. The second-order valence-corrected chi connectivity index (χ2v) is 9.35. The number of benzene rings is 3. The lowest BCUT2D eigenvalue weighted by Crippen LogP contribution is -2.23. The number of hydrogen-bond donors (Lipinski definition) is 2. The number of rotatable bonds is 6. The van der Waals surface area contributed by atoms with Crippen LogP contribution in [-0.4, -0.2) is 28.2 Å². The molecule has 3 aromatic carbocycles. The Bertz CT molecular complexity index is 1370. The van der Waals surface area contributed by atoms with E-state index in [2.05, 4.69) is 26.6 Å². The molecule has 5 rings (SSSR count). The average molecular weight is 533 g/mol. The number of carbonyl (C=O) groups excluding carboxylic acids is 2. The molecule has 0 saturated carbocycles. The van der Waals surface area contributed by atoms with Gasteiger partial charge in [-0.25, -0.2) is 0 Å². The van der Waals surface area contributed by atoms with E-state index in [1.807, 2.05) is 53.4 Å². The molecular formula is C26H21BrN4O4. The number of nitro groups is 1. The van der Waals surface area contributed by atoms with Crippen LogP contribution in [0.2, 0.25) is 0 Å². The van der Waals surface area contributed by atoms with Crippen LogP contribution >= 0.6 is 15.9 Å². The fourth-order valence-corrected chi connectivity index (χ4v) is 4.61. The Morgan fingerprint density at radius 3 is 2.46 bits per heavy atom. The van der Waals surface area contributed by atoms with Crippen molar-refractivity contribution in [3.05, 3.63) is 98.0 Å². The van der Waals surface area contributed by atoms with Gasteiger partial charge in [0.1, 0.15) is 0 Å². The number of non-ortho nitro benzene ring substituents is 1. The van der Waals surface area contributed by atoms with Crippen molar-refractivity contribution in [2.45, 2.75) is 19.4 Å². The summed E-state index contributed by atoms with van der Waals surface area (Å²) in [5, 5.41) is 17.5. The van der Waals surface area contributed by atoms with E-state index in [0.29, 0.717) is 35.5 Å². The fourth-order valence-electron chi connectivity index (χ4n) is 4.34. The lowest BCUT2D eigenvalue weighted by molar-refractivity contribution is -0.384. The van der Waals surface area contributed by atoms with Gasteiger partial charge >= 0.3 is 0 Å². The summed E-state index contributed by atoms with van der Waals surface area (Å²) in [7, 11) is 0. The van der Waals surface area contributed by atoms with E-state index < -0.39 is 4.92 Å². The molecule has 176 valence electrons. The monoisotopic (exact) mass is 532 g/mol. The van der Waals surface area contributed by atoms with E-state index in [0.717, 1.165) is 34.3 Å².